The monoisotopic (exact) mass is 323 g/mol. The summed E-state index contributed by atoms with van der Waals surface area (Å²) >= 11 is 0. The number of nitrogens with zero attached hydrogens (tertiary/aromatic N) is 2. The van der Waals surface area contributed by atoms with Gasteiger partial charge in [-0.25, -0.2) is 0 Å². The Labute approximate surface area is 138 Å². The van der Waals surface area contributed by atoms with Crippen molar-refractivity contribution in [1.82, 2.24) is 9.88 Å². The van der Waals surface area contributed by atoms with Gasteiger partial charge < -0.3 is 9.88 Å². The molecule has 0 aliphatic rings. The smallest absolute Gasteiger partial charge is 0.271 e. The zero-order valence-electron chi connectivity index (χ0n) is 13.2. The third kappa shape index (κ3) is 3.43. The number of non-ortho nitro benzene ring substituents is 1. The van der Waals surface area contributed by atoms with Crippen molar-refractivity contribution in [3.63, 3.8) is 0 Å². The summed E-state index contributed by atoms with van der Waals surface area (Å²) in [6.07, 6.45) is 1.76. The molecule has 0 bridgehead atoms. The minimum Gasteiger partial charge on any atom is -0.350 e. The number of nitro groups is 1. The van der Waals surface area contributed by atoms with Gasteiger partial charge in [0.15, 0.2) is 0 Å². The zero-order valence-corrected chi connectivity index (χ0v) is 13.2. The van der Waals surface area contributed by atoms with Crippen molar-refractivity contribution in [3.05, 3.63) is 76.0 Å². The lowest BCUT2D eigenvalue weighted by Crippen LogP contribution is -2.26. The van der Waals surface area contributed by atoms with Gasteiger partial charge >= 0.3 is 0 Å². The first-order chi connectivity index (χ1) is 11.5. The predicted molar refractivity (Wildman–Crippen MR) is 91.6 cm³/mol. The lowest BCUT2D eigenvalue weighted by atomic mass is 10.1. The molecule has 122 valence electrons. The fourth-order valence-corrected chi connectivity index (χ4v) is 2.54. The molecule has 3 rings (SSSR count). The molecule has 0 spiro atoms. The van der Waals surface area contributed by atoms with E-state index in [0.29, 0.717) is 12.1 Å². The first-order valence-electron chi connectivity index (χ1n) is 7.58. The van der Waals surface area contributed by atoms with Crippen LogP contribution in [0.1, 0.15) is 11.1 Å². The second-order valence-electron chi connectivity index (χ2n) is 5.71. The molecule has 0 radical (unpaired) electrons. The fraction of sp³-hybridized carbons (Fsp3) is 0.167. The lowest BCUT2D eigenvalue weighted by molar-refractivity contribution is -0.384. The van der Waals surface area contributed by atoms with Gasteiger partial charge in [-0.3, -0.25) is 14.9 Å². The molecule has 0 fully saturated rings. The molecule has 0 saturated carbocycles. The van der Waals surface area contributed by atoms with Gasteiger partial charge in [-0.1, -0.05) is 29.8 Å². The summed E-state index contributed by atoms with van der Waals surface area (Å²) in [5.74, 6) is -0.139. The van der Waals surface area contributed by atoms with E-state index in [-0.39, 0.29) is 18.1 Å². The van der Waals surface area contributed by atoms with Crippen molar-refractivity contribution < 1.29 is 9.72 Å². The normalized spacial score (nSPS) is 10.7. The molecule has 24 heavy (non-hydrogen) atoms. The fourth-order valence-electron chi connectivity index (χ4n) is 2.54. The number of fused-ring (bicyclic) bond motifs is 1. The van der Waals surface area contributed by atoms with Crippen LogP contribution in [0, 0.1) is 17.0 Å². The Bertz CT molecular complexity index is 898. The van der Waals surface area contributed by atoms with E-state index in [4.69, 9.17) is 0 Å². The van der Waals surface area contributed by atoms with Crippen LogP contribution in [0.3, 0.4) is 0 Å². The van der Waals surface area contributed by atoms with Gasteiger partial charge in [0.2, 0.25) is 5.91 Å². The molecule has 3 aromatic rings. The number of amides is 1. The summed E-state index contributed by atoms with van der Waals surface area (Å²) in [7, 11) is 0. The Morgan fingerprint density at radius 3 is 2.62 bits per heavy atom. The molecule has 6 heteroatoms. The zero-order chi connectivity index (χ0) is 17.1. The largest absolute Gasteiger partial charge is 0.350 e. The van der Waals surface area contributed by atoms with Crippen molar-refractivity contribution in [2.24, 2.45) is 0 Å². The summed E-state index contributed by atoms with van der Waals surface area (Å²) in [6, 6.07) is 14.4. The van der Waals surface area contributed by atoms with Gasteiger partial charge in [0.25, 0.3) is 5.69 Å². The SMILES string of the molecule is Cc1ccc(CNC(=O)Cn2ccc3ccc([N+](=O)[O-])cc32)cc1. The predicted octanol–water partition coefficient (Wildman–Crippen LogP) is 3.17. The Morgan fingerprint density at radius 2 is 1.92 bits per heavy atom. The van der Waals surface area contributed by atoms with E-state index in [9.17, 15) is 14.9 Å². The van der Waals surface area contributed by atoms with Crippen LogP contribution in [-0.4, -0.2) is 15.4 Å². The number of carbonyl (C=O) groups is 1. The van der Waals surface area contributed by atoms with E-state index in [1.54, 1.807) is 16.8 Å². The maximum Gasteiger partial charge on any atom is 0.271 e. The van der Waals surface area contributed by atoms with E-state index in [2.05, 4.69) is 5.32 Å². The highest BCUT2D eigenvalue weighted by Crippen LogP contribution is 2.21. The molecule has 0 aliphatic carbocycles. The number of aromatic nitrogens is 1. The number of carbonyl (C=O) groups excluding carboxylic acids is 1. The van der Waals surface area contributed by atoms with Crippen molar-refractivity contribution in [1.29, 1.82) is 0 Å². The molecule has 1 amide bonds. The number of benzene rings is 2. The van der Waals surface area contributed by atoms with Crippen LogP contribution in [0.4, 0.5) is 5.69 Å². The van der Waals surface area contributed by atoms with Crippen molar-refractivity contribution in [2.45, 2.75) is 20.0 Å². The van der Waals surface area contributed by atoms with Gasteiger partial charge in [-0.2, -0.15) is 0 Å². The Kier molecular flexibility index (Phi) is 4.29. The van der Waals surface area contributed by atoms with Crippen LogP contribution in [-0.2, 0) is 17.9 Å². The van der Waals surface area contributed by atoms with E-state index >= 15 is 0 Å². The van der Waals surface area contributed by atoms with Crippen LogP contribution in [0.2, 0.25) is 0 Å². The highest BCUT2D eigenvalue weighted by molar-refractivity contribution is 5.85. The average molecular weight is 323 g/mol. The quantitative estimate of drug-likeness (QED) is 0.578. The summed E-state index contributed by atoms with van der Waals surface area (Å²) < 4.78 is 1.72. The summed E-state index contributed by atoms with van der Waals surface area (Å²) in [6.45, 7) is 2.59. The molecule has 0 saturated heterocycles. The molecule has 0 unspecified atom stereocenters. The molecular formula is C18H17N3O3. The van der Waals surface area contributed by atoms with Crippen molar-refractivity contribution >= 4 is 22.5 Å². The van der Waals surface area contributed by atoms with Crippen molar-refractivity contribution in [2.75, 3.05) is 0 Å². The van der Waals surface area contributed by atoms with Crippen LogP contribution in [0.15, 0.2) is 54.7 Å². The van der Waals surface area contributed by atoms with E-state index < -0.39 is 4.92 Å². The first kappa shape index (κ1) is 15.7. The topological polar surface area (TPSA) is 77.2 Å². The first-order valence-corrected chi connectivity index (χ1v) is 7.58. The molecule has 2 aromatic carbocycles. The summed E-state index contributed by atoms with van der Waals surface area (Å²) in [5.41, 5.74) is 2.89. The number of nitrogens with one attached hydrogen (secondary N) is 1. The molecule has 1 heterocycles. The average Bonchev–Trinajstić information content (AvgIpc) is 2.96. The second-order valence-corrected chi connectivity index (χ2v) is 5.71. The molecule has 1 aromatic heterocycles. The second kappa shape index (κ2) is 6.54. The molecule has 0 atom stereocenters. The lowest BCUT2D eigenvalue weighted by Gasteiger charge is -2.08. The number of nitro benzene ring substituents is 1. The number of hydrogen-bond acceptors (Lipinski definition) is 3. The molecule has 0 aliphatic heterocycles. The highest BCUT2D eigenvalue weighted by atomic mass is 16.6. The van der Waals surface area contributed by atoms with E-state index in [1.807, 2.05) is 37.3 Å². The Morgan fingerprint density at radius 1 is 1.17 bits per heavy atom. The third-order valence-electron chi connectivity index (χ3n) is 3.89. The summed E-state index contributed by atoms with van der Waals surface area (Å²) in [5, 5.41) is 14.6. The van der Waals surface area contributed by atoms with Crippen LogP contribution < -0.4 is 5.32 Å². The minimum absolute atomic E-state index is 0.0162. The minimum atomic E-state index is -0.436. The van der Waals surface area contributed by atoms with Gasteiger partial charge in [-0.05, 0) is 24.6 Å². The number of rotatable bonds is 5. The summed E-state index contributed by atoms with van der Waals surface area (Å²) in [4.78, 5) is 22.6. The van der Waals surface area contributed by atoms with Crippen LogP contribution in [0.25, 0.3) is 10.9 Å². The van der Waals surface area contributed by atoms with Gasteiger partial charge in [0, 0.05) is 30.3 Å². The number of aryl methyl sites for hydroxylation is 1. The van der Waals surface area contributed by atoms with Gasteiger partial charge in [0.1, 0.15) is 6.54 Å². The maximum atomic E-state index is 12.1. The van der Waals surface area contributed by atoms with Crippen LogP contribution >= 0.6 is 0 Å². The van der Waals surface area contributed by atoms with Crippen molar-refractivity contribution in [3.8, 4) is 0 Å². The molecule has 6 nitrogen and oxygen atoms in total. The standard InChI is InChI=1S/C18H17N3O3/c1-13-2-4-14(5-3-13)11-19-18(22)12-20-9-8-15-6-7-16(21(23)24)10-17(15)20/h2-10H,11-12H2,1H3,(H,19,22). The Balaban J connectivity index is 1.69. The molecular weight excluding hydrogens is 306 g/mol. The third-order valence-corrected chi connectivity index (χ3v) is 3.89. The molecule has 1 N–H and O–H groups in total. The highest BCUT2D eigenvalue weighted by Gasteiger charge is 2.11. The maximum absolute atomic E-state index is 12.1. The Hall–Kier alpha value is -3.15. The van der Waals surface area contributed by atoms with E-state index in [1.165, 1.54) is 17.7 Å². The van der Waals surface area contributed by atoms with E-state index in [0.717, 1.165) is 10.9 Å². The van der Waals surface area contributed by atoms with Crippen LogP contribution in [0.5, 0.6) is 0 Å². The van der Waals surface area contributed by atoms with Gasteiger partial charge in [-0.15, -0.1) is 0 Å². The number of hydrogen-bond donors (Lipinski definition) is 1. The van der Waals surface area contributed by atoms with Gasteiger partial charge in [0.05, 0.1) is 10.4 Å².